The van der Waals surface area contributed by atoms with E-state index in [9.17, 15) is 0 Å². The first-order valence-electron chi connectivity index (χ1n) is 5.66. The lowest BCUT2D eigenvalue weighted by Gasteiger charge is -2.05. The molecule has 0 aliphatic carbocycles. The summed E-state index contributed by atoms with van der Waals surface area (Å²) in [5.74, 6) is 0.820. The van der Waals surface area contributed by atoms with Crippen molar-refractivity contribution in [3.05, 3.63) is 40.6 Å². The Kier molecular flexibility index (Phi) is 4.72. The van der Waals surface area contributed by atoms with E-state index < -0.39 is 0 Å². The Morgan fingerprint density at radius 1 is 1.39 bits per heavy atom. The summed E-state index contributed by atoms with van der Waals surface area (Å²) >= 11 is 3.39. The van der Waals surface area contributed by atoms with Gasteiger partial charge < -0.3 is 9.84 Å². The van der Waals surface area contributed by atoms with Crippen LogP contribution in [0.3, 0.4) is 0 Å². The van der Waals surface area contributed by atoms with Crippen molar-refractivity contribution in [2.75, 3.05) is 13.2 Å². The summed E-state index contributed by atoms with van der Waals surface area (Å²) in [6.45, 7) is 1.25. The van der Waals surface area contributed by atoms with Gasteiger partial charge in [-0.25, -0.2) is 4.68 Å². The van der Waals surface area contributed by atoms with Crippen molar-refractivity contribution in [3.8, 4) is 5.75 Å². The molecule has 0 radical (unpaired) electrons. The monoisotopic (exact) mass is 311 g/mol. The summed E-state index contributed by atoms with van der Waals surface area (Å²) in [6, 6.07) is 7.70. The number of halogens is 1. The van der Waals surface area contributed by atoms with Crippen LogP contribution in [0, 0.1) is 0 Å². The number of benzene rings is 1. The summed E-state index contributed by atoms with van der Waals surface area (Å²) in [7, 11) is 0. The highest BCUT2D eigenvalue weighted by Crippen LogP contribution is 2.17. The van der Waals surface area contributed by atoms with Gasteiger partial charge in [-0.1, -0.05) is 27.2 Å². The van der Waals surface area contributed by atoms with Crippen LogP contribution in [0.25, 0.3) is 0 Å². The molecule has 0 atom stereocenters. The largest absolute Gasteiger partial charge is 0.492 e. The van der Waals surface area contributed by atoms with Crippen molar-refractivity contribution in [2.45, 2.75) is 13.0 Å². The minimum Gasteiger partial charge on any atom is -0.492 e. The van der Waals surface area contributed by atoms with Crippen LogP contribution in [0.2, 0.25) is 0 Å². The molecule has 0 fully saturated rings. The molecule has 1 heterocycles. The third-order valence-corrected chi connectivity index (χ3v) is 2.83. The fourth-order valence-corrected chi connectivity index (χ4v) is 1.87. The minimum absolute atomic E-state index is 0.0905. The molecule has 5 nitrogen and oxygen atoms in total. The Morgan fingerprint density at radius 3 is 3.06 bits per heavy atom. The van der Waals surface area contributed by atoms with E-state index in [2.05, 4.69) is 26.2 Å². The maximum atomic E-state index is 8.77. The zero-order chi connectivity index (χ0) is 12.8. The van der Waals surface area contributed by atoms with Crippen LogP contribution in [-0.2, 0) is 13.0 Å². The van der Waals surface area contributed by atoms with Gasteiger partial charge in [0, 0.05) is 23.7 Å². The summed E-state index contributed by atoms with van der Waals surface area (Å²) in [4.78, 5) is 0. The Bertz CT molecular complexity index is 502. The molecule has 0 unspecified atom stereocenters. The first kappa shape index (κ1) is 13.0. The maximum Gasteiger partial charge on any atom is 0.120 e. The number of hydrogen-bond acceptors (Lipinski definition) is 4. The molecule has 2 aromatic rings. The third-order valence-electron chi connectivity index (χ3n) is 2.34. The topological polar surface area (TPSA) is 60.2 Å². The molecule has 0 bridgehead atoms. The molecular weight excluding hydrogens is 298 g/mol. The van der Waals surface area contributed by atoms with Crippen molar-refractivity contribution in [1.82, 2.24) is 15.0 Å². The molecular formula is C12H14BrN3O2. The van der Waals surface area contributed by atoms with Crippen molar-refractivity contribution in [2.24, 2.45) is 0 Å². The van der Waals surface area contributed by atoms with E-state index in [-0.39, 0.29) is 6.61 Å². The second-order valence-electron chi connectivity index (χ2n) is 3.75. The third kappa shape index (κ3) is 3.82. The predicted octanol–water partition coefficient (Wildman–Crippen LogP) is 1.65. The van der Waals surface area contributed by atoms with Crippen molar-refractivity contribution < 1.29 is 9.84 Å². The predicted molar refractivity (Wildman–Crippen MR) is 70.4 cm³/mol. The van der Waals surface area contributed by atoms with Gasteiger partial charge in [-0.15, -0.1) is 5.10 Å². The summed E-state index contributed by atoms with van der Waals surface area (Å²) < 4.78 is 8.29. The van der Waals surface area contributed by atoms with E-state index in [0.29, 0.717) is 19.6 Å². The molecule has 0 aliphatic rings. The van der Waals surface area contributed by atoms with Crippen molar-refractivity contribution in [3.63, 3.8) is 0 Å². The molecule has 0 aliphatic heterocycles. The molecule has 2 rings (SSSR count). The van der Waals surface area contributed by atoms with Gasteiger partial charge in [0.15, 0.2) is 0 Å². The Balaban J connectivity index is 1.81. The fourth-order valence-electron chi connectivity index (χ4n) is 1.49. The molecule has 0 saturated heterocycles. The van der Waals surface area contributed by atoms with Crippen LogP contribution in [0.1, 0.15) is 5.69 Å². The van der Waals surface area contributed by atoms with E-state index in [1.807, 2.05) is 30.5 Å². The molecule has 0 amide bonds. The van der Waals surface area contributed by atoms with Crippen LogP contribution in [0.4, 0.5) is 0 Å². The molecule has 96 valence electrons. The number of hydrogen-bond donors (Lipinski definition) is 1. The van der Waals surface area contributed by atoms with Crippen LogP contribution >= 0.6 is 15.9 Å². The standard InChI is InChI=1S/C12H14BrN3O2/c13-10-2-1-3-12(8-10)18-7-5-16-9-11(4-6-17)14-15-16/h1-3,8-9,17H,4-7H2. The van der Waals surface area contributed by atoms with E-state index in [1.165, 1.54) is 0 Å². The average Bonchev–Trinajstić information content (AvgIpc) is 2.78. The second kappa shape index (κ2) is 6.51. The normalized spacial score (nSPS) is 10.6. The van der Waals surface area contributed by atoms with Crippen molar-refractivity contribution in [1.29, 1.82) is 0 Å². The quantitative estimate of drug-likeness (QED) is 0.881. The Morgan fingerprint density at radius 2 is 2.28 bits per heavy atom. The Hall–Kier alpha value is -1.40. The Labute approximate surface area is 114 Å². The van der Waals surface area contributed by atoms with Gasteiger partial charge in [0.2, 0.25) is 0 Å². The van der Waals surface area contributed by atoms with Gasteiger partial charge in [0.25, 0.3) is 0 Å². The zero-order valence-corrected chi connectivity index (χ0v) is 11.4. The number of aromatic nitrogens is 3. The molecule has 1 N–H and O–H groups in total. The van der Waals surface area contributed by atoms with Crippen LogP contribution in [0.15, 0.2) is 34.9 Å². The summed E-state index contributed by atoms with van der Waals surface area (Å²) in [5, 5.41) is 16.7. The second-order valence-corrected chi connectivity index (χ2v) is 4.67. The lowest BCUT2D eigenvalue weighted by atomic mass is 10.3. The van der Waals surface area contributed by atoms with Gasteiger partial charge in [0.05, 0.1) is 12.2 Å². The van der Waals surface area contributed by atoms with Crippen LogP contribution in [-0.4, -0.2) is 33.3 Å². The minimum atomic E-state index is 0.0905. The first-order valence-corrected chi connectivity index (χ1v) is 6.45. The average molecular weight is 312 g/mol. The van der Waals surface area contributed by atoms with Gasteiger partial charge in [-0.2, -0.15) is 0 Å². The lowest BCUT2D eigenvalue weighted by Crippen LogP contribution is -2.08. The van der Waals surface area contributed by atoms with Gasteiger partial charge >= 0.3 is 0 Å². The highest BCUT2D eigenvalue weighted by Gasteiger charge is 2.00. The first-order chi connectivity index (χ1) is 8.78. The molecule has 1 aromatic heterocycles. The van der Waals surface area contributed by atoms with Gasteiger partial charge in [-0.3, -0.25) is 0 Å². The van der Waals surface area contributed by atoms with E-state index in [0.717, 1.165) is 15.9 Å². The smallest absolute Gasteiger partial charge is 0.120 e. The van der Waals surface area contributed by atoms with Crippen LogP contribution < -0.4 is 4.74 Å². The molecule has 0 spiro atoms. The highest BCUT2D eigenvalue weighted by molar-refractivity contribution is 9.10. The molecule has 1 aromatic carbocycles. The summed E-state index contributed by atoms with van der Waals surface area (Å²) in [6.07, 6.45) is 2.35. The van der Waals surface area contributed by atoms with E-state index >= 15 is 0 Å². The maximum absolute atomic E-state index is 8.77. The SMILES string of the molecule is OCCc1cn(CCOc2cccc(Br)c2)nn1. The number of ether oxygens (including phenoxy) is 1. The highest BCUT2D eigenvalue weighted by atomic mass is 79.9. The number of aliphatic hydroxyl groups excluding tert-OH is 1. The van der Waals surface area contributed by atoms with Gasteiger partial charge in [-0.05, 0) is 18.2 Å². The van der Waals surface area contributed by atoms with Gasteiger partial charge in [0.1, 0.15) is 12.4 Å². The molecule has 6 heteroatoms. The molecule has 18 heavy (non-hydrogen) atoms. The lowest BCUT2D eigenvalue weighted by molar-refractivity contribution is 0.289. The summed E-state index contributed by atoms with van der Waals surface area (Å²) in [5.41, 5.74) is 0.792. The van der Waals surface area contributed by atoms with E-state index in [1.54, 1.807) is 4.68 Å². The number of rotatable bonds is 6. The van der Waals surface area contributed by atoms with Crippen molar-refractivity contribution >= 4 is 15.9 Å². The zero-order valence-electron chi connectivity index (χ0n) is 9.79. The number of nitrogens with zero attached hydrogens (tertiary/aromatic N) is 3. The van der Waals surface area contributed by atoms with Crippen LogP contribution in [0.5, 0.6) is 5.75 Å². The van der Waals surface area contributed by atoms with E-state index in [4.69, 9.17) is 9.84 Å². The molecule has 0 saturated carbocycles. The fraction of sp³-hybridized carbons (Fsp3) is 0.333. The number of aliphatic hydroxyl groups is 1.